The van der Waals surface area contributed by atoms with Crippen LogP contribution in [0.1, 0.15) is 5.56 Å². The number of piperazine rings is 1. The summed E-state index contributed by atoms with van der Waals surface area (Å²) in [6, 6.07) is 8.56. The van der Waals surface area contributed by atoms with E-state index in [4.69, 9.17) is 21.3 Å². The summed E-state index contributed by atoms with van der Waals surface area (Å²) in [5, 5.41) is 3.99. The van der Waals surface area contributed by atoms with Crippen molar-refractivity contribution < 1.29 is 4.74 Å². The Morgan fingerprint density at radius 2 is 1.70 bits per heavy atom. The fraction of sp³-hybridized carbons (Fsp3) is 0.545. The number of nitrogens with zero attached hydrogens (tertiary/aromatic N) is 5. The van der Waals surface area contributed by atoms with E-state index in [-0.39, 0.29) is 0 Å². The fourth-order valence-corrected chi connectivity index (χ4v) is 4.71. The largest absolute Gasteiger partial charge is 0.379 e. The van der Waals surface area contributed by atoms with Crippen LogP contribution in [0.4, 0.5) is 11.5 Å². The fourth-order valence-electron chi connectivity index (χ4n) is 4.45. The van der Waals surface area contributed by atoms with Gasteiger partial charge in [-0.2, -0.15) is 0 Å². The second-order valence-electron chi connectivity index (χ2n) is 8.12. The molecule has 2 saturated heterocycles. The van der Waals surface area contributed by atoms with Gasteiger partial charge >= 0.3 is 0 Å². The summed E-state index contributed by atoms with van der Waals surface area (Å²) in [5.74, 6) is 1.72. The van der Waals surface area contributed by atoms with Crippen molar-refractivity contribution in [1.82, 2.24) is 20.2 Å². The molecule has 0 amide bonds. The summed E-state index contributed by atoms with van der Waals surface area (Å²) in [7, 11) is 0. The van der Waals surface area contributed by atoms with E-state index in [2.05, 4.69) is 49.3 Å². The number of hydrogen-bond acceptors (Lipinski definition) is 7. The van der Waals surface area contributed by atoms with E-state index >= 15 is 0 Å². The summed E-state index contributed by atoms with van der Waals surface area (Å²) in [4.78, 5) is 16.8. The van der Waals surface area contributed by atoms with Crippen LogP contribution in [0.3, 0.4) is 0 Å². The predicted octanol–water partition coefficient (Wildman–Crippen LogP) is 1.90. The van der Waals surface area contributed by atoms with Crippen molar-refractivity contribution in [3.8, 4) is 11.4 Å². The van der Waals surface area contributed by atoms with Crippen molar-refractivity contribution in [3.05, 3.63) is 35.0 Å². The first-order valence-electron chi connectivity index (χ1n) is 11.0. The molecule has 0 spiro atoms. The standard InChI is InChI=1S/C22H29ClN6O/c23-20-19-5-8-29(12-11-27-13-15-30-16-14-27)22(19)26-21(25-20)17-1-3-18(4-2-17)28-9-6-24-7-10-28/h1-4,24H,5-16H2. The first-order chi connectivity index (χ1) is 14.8. The molecule has 1 aromatic heterocycles. The molecule has 0 bridgehead atoms. The minimum Gasteiger partial charge on any atom is -0.379 e. The average Bonchev–Trinajstić information content (AvgIpc) is 3.23. The number of hydrogen-bond donors (Lipinski definition) is 1. The van der Waals surface area contributed by atoms with Gasteiger partial charge in [-0.15, -0.1) is 0 Å². The molecule has 30 heavy (non-hydrogen) atoms. The summed E-state index contributed by atoms with van der Waals surface area (Å²) in [6.07, 6.45) is 0.916. The van der Waals surface area contributed by atoms with E-state index in [0.717, 1.165) is 95.5 Å². The number of aromatic nitrogens is 2. The highest BCUT2D eigenvalue weighted by molar-refractivity contribution is 6.30. The van der Waals surface area contributed by atoms with Crippen LogP contribution in [0.25, 0.3) is 11.4 Å². The van der Waals surface area contributed by atoms with Crippen LogP contribution >= 0.6 is 11.6 Å². The Hall–Kier alpha value is -1.93. The van der Waals surface area contributed by atoms with Crippen LogP contribution in [0, 0.1) is 0 Å². The Morgan fingerprint density at radius 3 is 2.47 bits per heavy atom. The zero-order valence-electron chi connectivity index (χ0n) is 17.3. The SMILES string of the molecule is Clc1nc(-c2ccc(N3CCNCC3)cc2)nc2c1CCN2CCN1CCOCC1. The molecular weight excluding hydrogens is 400 g/mol. The van der Waals surface area contributed by atoms with E-state index in [0.29, 0.717) is 11.0 Å². The van der Waals surface area contributed by atoms with Crippen molar-refractivity contribution in [3.63, 3.8) is 0 Å². The van der Waals surface area contributed by atoms with E-state index < -0.39 is 0 Å². The van der Waals surface area contributed by atoms with Crippen molar-refractivity contribution in [2.75, 3.05) is 81.9 Å². The van der Waals surface area contributed by atoms with Gasteiger partial charge in [-0.05, 0) is 30.7 Å². The number of ether oxygens (including phenoxy) is 1. The molecule has 1 aromatic carbocycles. The van der Waals surface area contributed by atoms with Crippen LogP contribution < -0.4 is 15.1 Å². The number of rotatable bonds is 5. The Bertz CT molecular complexity index is 865. The zero-order chi connectivity index (χ0) is 20.3. The van der Waals surface area contributed by atoms with Gasteiger partial charge in [-0.25, -0.2) is 9.97 Å². The topological polar surface area (TPSA) is 56.8 Å². The van der Waals surface area contributed by atoms with Gasteiger partial charge in [0.1, 0.15) is 11.0 Å². The Balaban J connectivity index is 1.32. The van der Waals surface area contributed by atoms with Crippen LogP contribution in [0.5, 0.6) is 0 Å². The second-order valence-corrected chi connectivity index (χ2v) is 8.47. The van der Waals surface area contributed by atoms with Crippen molar-refractivity contribution in [1.29, 1.82) is 0 Å². The molecule has 3 aliphatic heterocycles. The molecule has 0 atom stereocenters. The smallest absolute Gasteiger partial charge is 0.163 e. The van der Waals surface area contributed by atoms with Gasteiger partial charge in [0.15, 0.2) is 5.82 Å². The van der Waals surface area contributed by atoms with Crippen LogP contribution in [-0.2, 0) is 11.2 Å². The number of fused-ring (bicyclic) bond motifs is 1. The number of nitrogens with one attached hydrogen (secondary N) is 1. The van der Waals surface area contributed by atoms with Gasteiger partial charge in [0.25, 0.3) is 0 Å². The lowest BCUT2D eigenvalue weighted by Crippen LogP contribution is -2.43. The third-order valence-electron chi connectivity index (χ3n) is 6.26. The Kier molecular flexibility index (Phi) is 6.04. The predicted molar refractivity (Wildman–Crippen MR) is 121 cm³/mol. The number of halogens is 1. The lowest BCUT2D eigenvalue weighted by molar-refractivity contribution is 0.0392. The van der Waals surface area contributed by atoms with Crippen molar-refractivity contribution in [2.24, 2.45) is 0 Å². The maximum atomic E-state index is 6.57. The van der Waals surface area contributed by atoms with Gasteiger partial charge in [0.05, 0.1) is 13.2 Å². The molecule has 5 rings (SSSR count). The van der Waals surface area contributed by atoms with Crippen molar-refractivity contribution >= 4 is 23.1 Å². The highest BCUT2D eigenvalue weighted by atomic mass is 35.5. The Labute approximate surface area is 183 Å². The minimum absolute atomic E-state index is 0.593. The average molecular weight is 429 g/mol. The molecule has 3 aliphatic rings. The first kappa shape index (κ1) is 20.0. The third kappa shape index (κ3) is 4.25. The van der Waals surface area contributed by atoms with E-state index in [9.17, 15) is 0 Å². The quantitative estimate of drug-likeness (QED) is 0.730. The normalized spacial score (nSPS) is 19.9. The first-order valence-corrected chi connectivity index (χ1v) is 11.3. The minimum atomic E-state index is 0.593. The lowest BCUT2D eigenvalue weighted by atomic mass is 10.1. The molecule has 2 aromatic rings. The summed E-state index contributed by atoms with van der Waals surface area (Å²) < 4.78 is 5.46. The molecule has 2 fully saturated rings. The maximum absolute atomic E-state index is 6.57. The highest BCUT2D eigenvalue weighted by Crippen LogP contribution is 2.33. The summed E-state index contributed by atoms with van der Waals surface area (Å²) in [6.45, 7) is 10.8. The highest BCUT2D eigenvalue weighted by Gasteiger charge is 2.26. The van der Waals surface area contributed by atoms with Crippen LogP contribution in [0.15, 0.2) is 24.3 Å². The summed E-state index contributed by atoms with van der Waals surface area (Å²) in [5.41, 5.74) is 3.35. The number of benzene rings is 1. The van der Waals surface area contributed by atoms with E-state index in [1.165, 1.54) is 5.69 Å². The Morgan fingerprint density at radius 1 is 0.933 bits per heavy atom. The van der Waals surface area contributed by atoms with Crippen molar-refractivity contribution in [2.45, 2.75) is 6.42 Å². The van der Waals surface area contributed by atoms with Gasteiger partial charge in [0.2, 0.25) is 0 Å². The maximum Gasteiger partial charge on any atom is 0.163 e. The molecule has 0 unspecified atom stereocenters. The monoisotopic (exact) mass is 428 g/mol. The molecule has 4 heterocycles. The van der Waals surface area contributed by atoms with Gasteiger partial charge in [-0.1, -0.05) is 11.6 Å². The van der Waals surface area contributed by atoms with Crippen LogP contribution in [0.2, 0.25) is 5.15 Å². The second kappa shape index (κ2) is 9.06. The zero-order valence-corrected chi connectivity index (χ0v) is 18.1. The molecular formula is C22H29ClN6O. The van der Waals surface area contributed by atoms with Gasteiger partial charge < -0.3 is 19.9 Å². The van der Waals surface area contributed by atoms with Crippen LogP contribution in [-0.4, -0.2) is 87.0 Å². The number of morpholine rings is 1. The lowest BCUT2D eigenvalue weighted by Gasteiger charge is -2.29. The molecule has 7 nitrogen and oxygen atoms in total. The van der Waals surface area contributed by atoms with E-state index in [1.54, 1.807) is 0 Å². The molecule has 0 aliphatic carbocycles. The van der Waals surface area contributed by atoms with E-state index in [1.807, 2.05) is 0 Å². The van der Waals surface area contributed by atoms with Gasteiger partial charge in [-0.3, -0.25) is 4.90 Å². The molecule has 160 valence electrons. The number of anilines is 2. The summed E-state index contributed by atoms with van der Waals surface area (Å²) >= 11 is 6.57. The molecule has 0 saturated carbocycles. The molecule has 0 radical (unpaired) electrons. The molecule has 1 N–H and O–H groups in total. The van der Waals surface area contributed by atoms with Gasteiger partial charge in [0, 0.05) is 75.7 Å². The third-order valence-corrected chi connectivity index (χ3v) is 6.58. The molecule has 8 heteroatoms.